The van der Waals surface area contributed by atoms with Gasteiger partial charge in [-0.25, -0.2) is 18.1 Å². The topological polar surface area (TPSA) is 79.4 Å². The second-order valence-electron chi connectivity index (χ2n) is 7.76. The van der Waals surface area contributed by atoms with Crippen LogP contribution in [-0.2, 0) is 10.0 Å². The van der Waals surface area contributed by atoms with Crippen molar-refractivity contribution in [1.82, 2.24) is 14.6 Å². The summed E-state index contributed by atoms with van der Waals surface area (Å²) in [4.78, 5) is 20.0. The van der Waals surface area contributed by atoms with Crippen molar-refractivity contribution in [2.45, 2.75) is 43.4 Å². The third-order valence-corrected chi connectivity index (χ3v) is 7.95. The first-order valence-electron chi connectivity index (χ1n) is 9.74. The predicted octanol–water partition coefficient (Wildman–Crippen LogP) is 3.16. The van der Waals surface area contributed by atoms with Crippen molar-refractivity contribution >= 4 is 27.3 Å². The van der Waals surface area contributed by atoms with E-state index in [0.29, 0.717) is 23.9 Å². The maximum atomic E-state index is 12.8. The van der Waals surface area contributed by atoms with Crippen LogP contribution in [-0.4, -0.2) is 43.8 Å². The monoisotopic (exact) mass is 419 g/mol. The number of nitrogens with zero attached hydrogens (tertiary/aromatic N) is 2. The number of benzene rings is 1. The van der Waals surface area contributed by atoms with E-state index in [4.69, 9.17) is 0 Å². The number of hydrogen-bond acceptors (Lipinski definition) is 5. The molecule has 8 heteroatoms. The van der Waals surface area contributed by atoms with Gasteiger partial charge in [-0.3, -0.25) is 4.79 Å². The molecule has 1 saturated heterocycles. The second kappa shape index (κ2) is 7.93. The van der Waals surface area contributed by atoms with E-state index in [1.165, 1.54) is 24.2 Å². The van der Waals surface area contributed by atoms with Crippen molar-refractivity contribution in [2.75, 3.05) is 19.6 Å². The second-order valence-corrected chi connectivity index (χ2v) is 10.6. The quantitative estimate of drug-likeness (QED) is 0.780. The van der Waals surface area contributed by atoms with E-state index in [-0.39, 0.29) is 16.7 Å². The summed E-state index contributed by atoms with van der Waals surface area (Å²) < 4.78 is 27.7. The largest absolute Gasteiger partial charge is 0.338 e. The number of likely N-dealkylation sites (tertiary alicyclic amines) is 1. The summed E-state index contributed by atoms with van der Waals surface area (Å²) in [7, 11) is -3.53. The molecule has 2 heterocycles. The lowest BCUT2D eigenvalue weighted by molar-refractivity contribution is 0.0681. The summed E-state index contributed by atoms with van der Waals surface area (Å²) >= 11 is 1.51. The maximum absolute atomic E-state index is 12.8. The summed E-state index contributed by atoms with van der Waals surface area (Å²) in [6.07, 6.45) is 5.85. The van der Waals surface area contributed by atoms with E-state index in [2.05, 4.69) is 9.71 Å². The smallest absolute Gasteiger partial charge is 0.265 e. The van der Waals surface area contributed by atoms with Crippen LogP contribution >= 0.6 is 11.3 Å². The first kappa shape index (κ1) is 19.5. The third-order valence-electron chi connectivity index (χ3n) is 5.36. The Morgan fingerprint density at radius 3 is 2.71 bits per heavy atom. The van der Waals surface area contributed by atoms with E-state index < -0.39 is 10.0 Å². The zero-order valence-corrected chi connectivity index (χ0v) is 17.6. The number of piperidine rings is 1. The Morgan fingerprint density at radius 2 is 2.00 bits per heavy atom. The standard InChI is InChI=1S/C20H25N3O3S2/c1-14-4-8-17(9-5-14)28(25,26)22-11-15-3-2-10-23(13-15)20(24)18-12-21-19(27-18)16-6-7-16/h4-5,8-9,12,15-16,22H,2-3,6-7,10-11,13H2,1H3. The molecule has 1 aliphatic heterocycles. The minimum absolute atomic E-state index is 0.0236. The molecule has 2 aromatic rings. The van der Waals surface area contributed by atoms with Crippen LogP contribution in [0.1, 0.15) is 51.8 Å². The third kappa shape index (κ3) is 4.45. The van der Waals surface area contributed by atoms with Crippen LogP contribution in [0.15, 0.2) is 35.4 Å². The van der Waals surface area contributed by atoms with Gasteiger partial charge in [0.15, 0.2) is 0 Å². The molecule has 1 aromatic carbocycles. The van der Waals surface area contributed by atoms with Crippen LogP contribution in [0, 0.1) is 12.8 Å². The van der Waals surface area contributed by atoms with Gasteiger partial charge in [-0.1, -0.05) is 17.7 Å². The molecule has 1 aromatic heterocycles. The fourth-order valence-electron chi connectivity index (χ4n) is 3.51. The average molecular weight is 420 g/mol. The first-order valence-corrected chi connectivity index (χ1v) is 12.0. The van der Waals surface area contributed by atoms with E-state index in [1.807, 2.05) is 11.8 Å². The van der Waals surface area contributed by atoms with Crippen LogP contribution in [0.25, 0.3) is 0 Å². The molecule has 2 aliphatic rings. The van der Waals surface area contributed by atoms with E-state index in [9.17, 15) is 13.2 Å². The van der Waals surface area contributed by atoms with Gasteiger partial charge in [0.25, 0.3) is 5.91 Å². The number of aryl methyl sites for hydroxylation is 1. The van der Waals surface area contributed by atoms with Gasteiger partial charge in [-0.05, 0) is 50.7 Å². The Balaban J connectivity index is 1.35. The van der Waals surface area contributed by atoms with Gasteiger partial charge < -0.3 is 4.90 Å². The van der Waals surface area contributed by atoms with Gasteiger partial charge in [-0.15, -0.1) is 11.3 Å². The molecule has 1 saturated carbocycles. The molecule has 0 spiro atoms. The number of amides is 1. The number of carbonyl (C=O) groups excluding carboxylic acids is 1. The molecular formula is C20H25N3O3S2. The Labute approximate surface area is 170 Å². The first-order chi connectivity index (χ1) is 13.4. The molecule has 1 unspecified atom stereocenters. The van der Waals surface area contributed by atoms with Crippen molar-refractivity contribution in [2.24, 2.45) is 5.92 Å². The number of rotatable bonds is 6. The van der Waals surface area contributed by atoms with Crippen LogP contribution in [0.4, 0.5) is 0 Å². The van der Waals surface area contributed by atoms with Gasteiger partial charge in [0, 0.05) is 25.6 Å². The summed E-state index contributed by atoms with van der Waals surface area (Å²) in [5.74, 6) is 0.695. The highest BCUT2D eigenvalue weighted by molar-refractivity contribution is 7.89. The fraction of sp³-hybridized carbons (Fsp3) is 0.500. The van der Waals surface area contributed by atoms with Gasteiger partial charge >= 0.3 is 0 Å². The lowest BCUT2D eigenvalue weighted by Crippen LogP contribution is -2.43. The zero-order valence-electron chi connectivity index (χ0n) is 15.9. The van der Waals surface area contributed by atoms with Crippen LogP contribution in [0.5, 0.6) is 0 Å². The average Bonchev–Trinajstić information content (AvgIpc) is 3.43. The van der Waals surface area contributed by atoms with Crippen LogP contribution < -0.4 is 4.72 Å². The fourth-order valence-corrected chi connectivity index (χ4v) is 5.68. The highest BCUT2D eigenvalue weighted by atomic mass is 32.2. The van der Waals surface area contributed by atoms with E-state index >= 15 is 0 Å². The molecule has 28 heavy (non-hydrogen) atoms. The molecular weight excluding hydrogens is 394 g/mol. The molecule has 150 valence electrons. The Kier molecular flexibility index (Phi) is 5.53. The Morgan fingerprint density at radius 1 is 1.25 bits per heavy atom. The van der Waals surface area contributed by atoms with Crippen molar-refractivity contribution in [3.63, 3.8) is 0 Å². The molecule has 6 nitrogen and oxygen atoms in total. The molecule has 1 amide bonds. The minimum atomic E-state index is -3.53. The molecule has 1 atom stereocenters. The van der Waals surface area contributed by atoms with Gasteiger partial charge in [0.1, 0.15) is 4.88 Å². The lowest BCUT2D eigenvalue weighted by Gasteiger charge is -2.32. The van der Waals surface area contributed by atoms with E-state index in [1.54, 1.807) is 30.5 Å². The highest BCUT2D eigenvalue weighted by Gasteiger charge is 2.30. The summed E-state index contributed by atoms with van der Waals surface area (Å²) in [5.41, 5.74) is 1.02. The number of sulfonamides is 1. The zero-order chi connectivity index (χ0) is 19.7. The molecule has 1 N–H and O–H groups in total. The van der Waals surface area contributed by atoms with Crippen molar-refractivity contribution in [1.29, 1.82) is 0 Å². The van der Waals surface area contributed by atoms with Crippen LogP contribution in [0.3, 0.4) is 0 Å². The number of nitrogens with one attached hydrogen (secondary N) is 1. The van der Waals surface area contributed by atoms with Crippen molar-refractivity contribution < 1.29 is 13.2 Å². The lowest BCUT2D eigenvalue weighted by atomic mass is 9.98. The summed E-state index contributed by atoms with van der Waals surface area (Å²) in [5, 5.41) is 1.07. The van der Waals surface area contributed by atoms with Crippen molar-refractivity contribution in [3.05, 3.63) is 45.9 Å². The number of aromatic nitrogens is 1. The molecule has 2 fully saturated rings. The Hall–Kier alpha value is -1.77. The van der Waals surface area contributed by atoms with E-state index in [0.717, 1.165) is 30.0 Å². The molecule has 0 bridgehead atoms. The number of carbonyl (C=O) groups is 1. The predicted molar refractivity (Wildman–Crippen MR) is 109 cm³/mol. The maximum Gasteiger partial charge on any atom is 0.265 e. The summed E-state index contributed by atoms with van der Waals surface area (Å²) in [6, 6.07) is 6.83. The number of thiazole rings is 1. The highest BCUT2D eigenvalue weighted by Crippen LogP contribution is 2.42. The summed E-state index contributed by atoms with van der Waals surface area (Å²) in [6.45, 7) is 3.56. The normalized spacial score (nSPS) is 20.3. The minimum Gasteiger partial charge on any atom is -0.338 e. The van der Waals surface area contributed by atoms with Gasteiger partial charge in [0.05, 0.1) is 16.1 Å². The molecule has 4 rings (SSSR count). The Bertz CT molecular complexity index is 949. The van der Waals surface area contributed by atoms with Gasteiger partial charge in [0.2, 0.25) is 10.0 Å². The SMILES string of the molecule is Cc1ccc(S(=O)(=O)NCC2CCCN(C(=O)c3cnc(C4CC4)s3)C2)cc1. The van der Waals surface area contributed by atoms with Crippen molar-refractivity contribution in [3.8, 4) is 0 Å². The molecule has 0 radical (unpaired) electrons. The van der Waals surface area contributed by atoms with Crippen LogP contribution in [0.2, 0.25) is 0 Å². The molecule has 1 aliphatic carbocycles. The number of hydrogen-bond donors (Lipinski definition) is 1. The van der Waals surface area contributed by atoms with Gasteiger partial charge in [-0.2, -0.15) is 0 Å².